The van der Waals surface area contributed by atoms with Crippen LogP contribution in [0.25, 0.3) is 0 Å². The van der Waals surface area contributed by atoms with E-state index in [2.05, 4.69) is 6.92 Å². The first-order valence-electron chi connectivity index (χ1n) is 9.15. The Hall–Kier alpha value is -1.65. The molecular formula is C21H28O3S. The van der Waals surface area contributed by atoms with Gasteiger partial charge in [-0.15, -0.1) is 0 Å². The van der Waals surface area contributed by atoms with Crippen LogP contribution in [-0.2, 0) is 27.3 Å². The summed E-state index contributed by atoms with van der Waals surface area (Å²) in [4.78, 5) is 0.305. The molecule has 0 fully saturated rings. The Balaban J connectivity index is 1.95. The third-order valence-corrected chi connectivity index (χ3v) is 5.63. The predicted molar refractivity (Wildman–Crippen MR) is 102 cm³/mol. The lowest BCUT2D eigenvalue weighted by Crippen LogP contribution is -2.09. The summed E-state index contributed by atoms with van der Waals surface area (Å²) in [6.45, 7) is 2.27. The van der Waals surface area contributed by atoms with Crippen LogP contribution in [0, 0.1) is 0 Å². The molecule has 0 saturated carbocycles. The van der Waals surface area contributed by atoms with E-state index in [9.17, 15) is 8.42 Å². The van der Waals surface area contributed by atoms with Crippen LogP contribution in [0.1, 0.15) is 56.6 Å². The minimum atomic E-state index is -3.74. The van der Waals surface area contributed by atoms with Crippen LogP contribution in [0.15, 0.2) is 59.5 Å². The molecule has 0 atom stereocenters. The first-order chi connectivity index (χ1) is 12.1. The quantitative estimate of drug-likeness (QED) is 0.393. The standard InChI is InChI=1S/C21H28O3S/c1-2-3-4-5-6-10-15-20-16-11-12-17-21(20)25(22,23)24-18-19-13-8-7-9-14-19/h7-9,11-14,16-17H,2-6,10,15,18H2,1H3. The largest absolute Gasteiger partial charge is 0.297 e. The molecule has 136 valence electrons. The third-order valence-electron chi connectivity index (χ3n) is 4.27. The monoisotopic (exact) mass is 360 g/mol. The second kappa shape index (κ2) is 10.4. The Morgan fingerprint density at radius 1 is 0.800 bits per heavy atom. The van der Waals surface area contributed by atoms with Gasteiger partial charge in [0.2, 0.25) is 0 Å². The number of hydrogen-bond donors (Lipinski definition) is 0. The summed E-state index contributed by atoms with van der Waals surface area (Å²) in [6, 6.07) is 16.5. The number of hydrogen-bond acceptors (Lipinski definition) is 3. The van der Waals surface area contributed by atoms with Crippen LogP contribution >= 0.6 is 0 Å². The van der Waals surface area contributed by atoms with Gasteiger partial charge in [0.05, 0.1) is 11.5 Å². The maximum absolute atomic E-state index is 12.6. The average molecular weight is 361 g/mol. The minimum Gasteiger partial charge on any atom is -0.262 e. The normalized spacial score (nSPS) is 11.6. The average Bonchev–Trinajstić information content (AvgIpc) is 2.64. The Kier molecular flexibility index (Phi) is 8.16. The molecule has 0 aliphatic heterocycles. The van der Waals surface area contributed by atoms with E-state index < -0.39 is 10.1 Å². The van der Waals surface area contributed by atoms with Gasteiger partial charge in [0.15, 0.2) is 0 Å². The van der Waals surface area contributed by atoms with Crippen molar-refractivity contribution in [3.63, 3.8) is 0 Å². The van der Waals surface area contributed by atoms with Crippen molar-refractivity contribution < 1.29 is 12.6 Å². The summed E-state index contributed by atoms with van der Waals surface area (Å²) in [6.07, 6.45) is 7.91. The van der Waals surface area contributed by atoms with Crippen molar-refractivity contribution in [3.05, 3.63) is 65.7 Å². The van der Waals surface area contributed by atoms with Crippen molar-refractivity contribution in [2.45, 2.75) is 63.4 Å². The van der Waals surface area contributed by atoms with Crippen LogP contribution in [0.3, 0.4) is 0 Å². The molecule has 0 amide bonds. The molecule has 0 aliphatic carbocycles. The van der Waals surface area contributed by atoms with Gasteiger partial charge in [0.25, 0.3) is 10.1 Å². The summed E-state index contributed by atoms with van der Waals surface area (Å²) in [5, 5.41) is 0. The van der Waals surface area contributed by atoms with Gasteiger partial charge in [0.1, 0.15) is 0 Å². The van der Waals surface area contributed by atoms with E-state index in [4.69, 9.17) is 4.18 Å². The molecule has 0 unspecified atom stereocenters. The molecule has 3 nitrogen and oxygen atoms in total. The molecule has 0 radical (unpaired) electrons. The molecule has 2 rings (SSSR count). The van der Waals surface area contributed by atoms with Gasteiger partial charge in [-0.1, -0.05) is 87.6 Å². The molecule has 2 aromatic rings. The molecule has 0 N–H and O–H groups in total. The molecule has 0 aliphatic rings. The Morgan fingerprint density at radius 2 is 1.44 bits per heavy atom. The highest BCUT2D eigenvalue weighted by Gasteiger charge is 2.19. The zero-order valence-corrected chi connectivity index (χ0v) is 15.8. The second-order valence-electron chi connectivity index (χ2n) is 6.33. The number of unbranched alkanes of at least 4 members (excludes halogenated alkanes) is 5. The Labute approximate surface area is 152 Å². The maximum atomic E-state index is 12.6. The zero-order valence-electron chi connectivity index (χ0n) is 15.0. The van der Waals surface area contributed by atoms with Gasteiger partial charge in [-0.05, 0) is 30.0 Å². The van der Waals surface area contributed by atoms with E-state index in [1.165, 1.54) is 25.7 Å². The van der Waals surface area contributed by atoms with Crippen LogP contribution < -0.4 is 0 Å². The van der Waals surface area contributed by atoms with Gasteiger partial charge >= 0.3 is 0 Å². The molecule has 0 bridgehead atoms. The van der Waals surface area contributed by atoms with E-state index in [1.807, 2.05) is 42.5 Å². The molecule has 0 heterocycles. The first-order valence-corrected chi connectivity index (χ1v) is 10.6. The molecule has 25 heavy (non-hydrogen) atoms. The van der Waals surface area contributed by atoms with Crippen molar-refractivity contribution in [2.75, 3.05) is 0 Å². The third kappa shape index (κ3) is 6.63. The van der Waals surface area contributed by atoms with E-state index in [1.54, 1.807) is 12.1 Å². The highest BCUT2D eigenvalue weighted by Crippen LogP contribution is 2.21. The van der Waals surface area contributed by atoms with Crippen molar-refractivity contribution >= 4 is 10.1 Å². The lowest BCUT2D eigenvalue weighted by Gasteiger charge is -2.11. The predicted octanol–water partition coefficient (Wildman–Crippen LogP) is 5.50. The van der Waals surface area contributed by atoms with Gasteiger partial charge in [-0.2, -0.15) is 8.42 Å². The number of aryl methyl sites for hydroxylation is 1. The summed E-state index contributed by atoms with van der Waals surface area (Å²) in [7, 11) is -3.74. The zero-order chi connectivity index (χ0) is 18.0. The second-order valence-corrected chi connectivity index (χ2v) is 7.91. The lowest BCUT2D eigenvalue weighted by atomic mass is 10.1. The highest BCUT2D eigenvalue weighted by molar-refractivity contribution is 7.86. The van der Waals surface area contributed by atoms with Gasteiger partial charge in [-0.25, -0.2) is 0 Å². The van der Waals surface area contributed by atoms with Crippen LogP contribution in [0.5, 0.6) is 0 Å². The van der Waals surface area contributed by atoms with E-state index in [0.717, 1.165) is 30.4 Å². The fourth-order valence-corrected chi connectivity index (χ4v) is 3.99. The Bertz CT molecular complexity index is 724. The fraction of sp³-hybridized carbons (Fsp3) is 0.429. The smallest absolute Gasteiger partial charge is 0.262 e. The number of rotatable bonds is 11. The molecule has 4 heteroatoms. The van der Waals surface area contributed by atoms with Gasteiger partial charge in [0, 0.05) is 0 Å². The van der Waals surface area contributed by atoms with Crippen molar-refractivity contribution in [1.82, 2.24) is 0 Å². The topological polar surface area (TPSA) is 43.4 Å². The highest BCUT2D eigenvalue weighted by atomic mass is 32.2. The molecule has 2 aromatic carbocycles. The maximum Gasteiger partial charge on any atom is 0.297 e. The lowest BCUT2D eigenvalue weighted by molar-refractivity contribution is 0.307. The number of benzene rings is 2. The van der Waals surface area contributed by atoms with Crippen LogP contribution in [-0.4, -0.2) is 8.42 Å². The molecular weight excluding hydrogens is 332 g/mol. The van der Waals surface area contributed by atoms with E-state index in [-0.39, 0.29) is 6.61 Å². The molecule has 0 spiro atoms. The van der Waals surface area contributed by atoms with Crippen molar-refractivity contribution in [1.29, 1.82) is 0 Å². The van der Waals surface area contributed by atoms with Crippen LogP contribution in [0.2, 0.25) is 0 Å². The van der Waals surface area contributed by atoms with Crippen molar-refractivity contribution in [3.8, 4) is 0 Å². The van der Waals surface area contributed by atoms with E-state index >= 15 is 0 Å². The molecule has 0 aromatic heterocycles. The van der Waals surface area contributed by atoms with Gasteiger partial charge < -0.3 is 0 Å². The molecule has 0 saturated heterocycles. The minimum absolute atomic E-state index is 0.0640. The van der Waals surface area contributed by atoms with E-state index in [0.29, 0.717) is 4.90 Å². The summed E-state index contributed by atoms with van der Waals surface area (Å²) >= 11 is 0. The SMILES string of the molecule is CCCCCCCCc1ccccc1S(=O)(=O)OCc1ccccc1. The van der Waals surface area contributed by atoms with Crippen LogP contribution in [0.4, 0.5) is 0 Å². The summed E-state index contributed by atoms with van der Waals surface area (Å²) in [5.74, 6) is 0. The fourth-order valence-electron chi connectivity index (χ4n) is 2.83. The van der Waals surface area contributed by atoms with Crippen molar-refractivity contribution in [2.24, 2.45) is 0 Å². The first kappa shape index (κ1) is 19.7. The van der Waals surface area contributed by atoms with Gasteiger partial charge in [-0.3, -0.25) is 4.18 Å². The summed E-state index contributed by atoms with van der Waals surface area (Å²) < 4.78 is 30.4. The Morgan fingerprint density at radius 3 is 2.20 bits per heavy atom. The summed E-state index contributed by atoms with van der Waals surface area (Å²) in [5.41, 5.74) is 1.70.